The number of rotatable bonds is 2. The lowest BCUT2D eigenvalue weighted by Gasteiger charge is -2.35. The van der Waals surface area contributed by atoms with Crippen molar-refractivity contribution in [1.29, 1.82) is 0 Å². The molecule has 0 amide bonds. The molecule has 104 valence electrons. The molecule has 1 heterocycles. The molecule has 2 N–H and O–H groups in total. The first-order chi connectivity index (χ1) is 9.16. The lowest BCUT2D eigenvalue weighted by molar-refractivity contribution is 0.175. The molecule has 2 aliphatic rings. The number of hydrogen-bond acceptors (Lipinski definition) is 2. The first kappa shape index (κ1) is 13.4. The number of likely N-dealkylation sites (tertiary alicyclic amines) is 1. The molecule has 1 aromatic rings. The van der Waals surface area contributed by atoms with Crippen molar-refractivity contribution >= 4 is 11.6 Å². The first-order valence-electron chi connectivity index (χ1n) is 7.44. The molecular formula is C16H23ClN2. The van der Waals surface area contributed by atoms with E-state index < -0.39 is 0 Å². The van der Waals surface area contributed by atoms with Crippen LogP contribution in [-0.4, -0.2) is 23.5 Å². The van der Waals surface area contributed by atoms with E-state index in [0.717, 1.165) is 17.5 Å². The van der Waals surface area contributed by atoms with Gasteiger partial charge in [0.15, 0.2) is 0 Å². The van der Waals surface area contributed by atoms with Crippen molar-refractivity contribution in [3.63, 3.8) is 0 Å². The van der Waals surface area contributed by atoms with Crippen LogP contribution in [0.5, 0.6) is 0 Å². The fraction of sp³-hybridized carbons (Fsp3) is 0.625. The van der Waals surface area contributed by atoms with Crippen molar-refractivity contribution in [3.8, 4) is 0 Å². The van der Waals surface area contributed by atoms with Gasteiger partial charge >= 0.3 is 0 Å². The van der Waals surface area contributed by atoms with Gasteiger partial charge in [-0.3, -0.25) is 4.90 Å². The molecule has 2 unspecified atom stereocenters. The Morgan fingerprint density at radius 2 is 2.00 bits per heavy atom. The maximum atomic E-state index is 6.50. The zero-order chi connectivity index (χ0) is 13.4. The Kier molecular flexibility index (Phi) is 3.84. The van der Waals surface area contributed by atoms with Gasteiger partial charge in [0.25, 0.3) is 0 Å². The number of benzene rings is 1. The Morgan fingerprint density at radius 3 is 2.68 bits per heavy atom. The minimum atomic E-state index is 0.253. The van der Waals surface area contributed by atoms with E-state index in [1.165, 1.54) is 43.4 Å². The van der Waals surface area contributed by atoms with Crippen molar-refractivity contribution in [3.05, 3.63) is 34.3 Å². The van der Waals surface area contributed by atoms with Crippen LogP contribution in [0, 0.1) is 6.92 Å². The predicted octanol–water partition coefficient (Wildman–Crippen LogP) is 3.67. The molecule has 3 rings (SSSR count). The van der Waals surface area contributed by atoms with Gasteiger partial charge in [0, 0.05) is 17.1 Å². The molecule has 1 aliphatic heterocycles. The molecule has 0 bridgehead atoms. The quantitative estimate of drug-likeness (QED) is 0.894. The molecule has 2 nitrogen and oxygen atoms in total. The van der Waals surface area contributed by atoms with E-state index >= 15 is 0 Å². The maximum absolute atomic E-state index is 6.50. The summed E-state index contributed by atoms with van der Waals surface area (Å²) in [6, 6.07) is 7.66. The fourth-order valence-corrected chi connectivity index (χ4v) is 3.64. The highest BCUT2D eigenvalue weighted by atomic mass is 35.5. The van der Waals surface area contributed by atoms with Gasteiger partial charge in [0.2, 0.25) is 0 Å². The highest BCUT2D eigenvalue weighted by Gasteiger charge is 2.38. The van der Waals surface area contributed by atoms with Crippen molar-refractivity contribution in [1.82, 2.24) is 4.90 Å². The van der Waals surface area contributed by atoms with E-state index in [2.05, 4.69) is 24.0 Å². The molecule has 1 saturated carbocycles. The number of nitrogens with zero attached hydrogens (tertiary/aromatic N) is 1. The Morgan fingerprint density at radius 1 is 1.21 bits per heavy atom. The first-order valence-corrected chi connectivity index (χ1v) is 7.82. The monoisotopic (exact) mass is 278 g/mol. The lowest BCUT2D eigenvalue weighted by atomic mass is 9.93. The summed E-state index contributed by atoms with van der Waals surface area (Å²) in [6.45, 7) is 3.36. The highest BCUT2D eigenvalue weighted by molar-refractivity contribution is 6.30. The van der Waals surface area contributed by atoms with Crippen LogP contribution >= 0.6 is 11.6 Å². The number of aryl methyl sites for hydroxylation is 1. The average molecular weight is 279 g/mol. The number of halogens is 1. The molecule has 0 spiro atoms. The van der Waals surface area contributed by atoms with E-state index in [9.17, 15) is 0 Å². The Bertz CT molecular complexity index is 456. The minimum absolute atomic E-state index is 0.253. The van der Waals surface area contributed by atoms with Gasteiger partial charge in [0.05, 0.1) is 6.04 Å². The second kappa shape index (κ2) is 5.43. The Labute approximate surface area is 120 Å². The van der Waals surface area contributed by atoms with Crippen LogP contribution in [0.1, 0.15) is 49.3 Å². The second-order valence-electron chi connectivity index (χ2n) is 6.07. The van der Waals surface area contributed by atoms with Crippen molar-refractivity contribution in [2.24, 2.45) is 5.73 Å². The molecule has 1 aromatic carbocycles. The van der Waals surface area contributed by atoms with Crippen LogP contribution < -0.4 is 5.73 Å². The number of hydrogen-bond donors (Lipinski definition) is 1. The summed E-state index contributed by atoms with van der Waals surface area (Å²) in [7, 11) is 0. The summed E-state index contributed by atoms with van der Waals surface area (Å²) in [5.41, 5.74) is 9.16. The molecule has 2 atom stereocenters. The topological polar surface area (TPSA) is 29.3 Å². The van der Waals surface area contributed by atoms with E-state index in [0.29, 0.717) is 6.04 Å². The predicted molar refractivity (Wildman–Crippen MR) is 80.5 cm³/mol. The molecule has 19 heavy (non-hydrogen) atoms. The van der Waals surface area contributed by atoms with Gasteiger partial charge < -0.3 is 5.73 Å². The van der Waals surface area contributed by atoms with Crippen LogP contribution in [0.2, 0.25) is 5.02 Å². The largest absolute Gasteiger partial charge is 0.326 e. The third-order valence-corrected chi connectivity index (χ3v) is 4.77. The normalized spacial score (nSPS) is 29.2. The van der Waals surface area contributed by atoms with Crippen molar-refractivity contribution in [2.75, 3.05) is 6.54 Å². The minimum Gasteiger partial charge on any atom is -0.326 e. The summed E-state index contributed by atoms with van der Waals surface area (Å²) in [5.74, 6) is 0. The molecule has 1 aliphatic carbocycles. The smallest absolute Gasteiger partial charge is 0.0504 e. The summed E-state index contributed by atoms with van der Waals surface area (Å²) < 4.78 is 0. The fourth-order valence-electron chi connectivity index (χ4n) is 3.41. The van der Waals surface area contributed by atoms with Crippen molar-refractivity contribution in [2.45, 2.75) is 57.2 Å². The Balaban J connectivity index is 1.96. The lowest BCUT2D eigenvalue weighted by Crippen LogP contribution is -2.41. The molecule has 0 aromatic heterocycles. The summed E-state index contributed by atoms with van der Waals surface area (Å²) in [5, 5.41) is 0.821. The molecule has 0 radical (unpaired) electrons. The van der Waals surface area contributed by atoms with Gasteiger partial charge in [-0.2, -0.15) is 0 Å². The molecular weight excluding hydrogens is 256 g/mol. The SMILES string of the molecule is Cc1cc(Cl)ccc1C1C(N)CCCCN1C1CC1. The standard InChI is InChI=1S/C16H23ClN2/c1-11-10-12(17)5-8-14(11)16-15(18)4-2-3-9-19(16)13-6-7-13/h5,8,10,13,15-16H,2-4,6-7,9,18H2,1H3. The maximum Gasteiger partial charge on any atom is 0.0504 e. The average Bonchev–Trinajstić information content (AvgIpc) is 3.17. The molecule has 3 heteroatoms. The van der Waals surface area contributed by atoms with Crippen molar-refractivity contribution < 1.29 is 0 Å². The summed E-state index contributed by atoms with van der Waals surface area (Å²) >= 11 is 6.09. The van der Waals surface area contributed by atoms with E-state index in [1.54, 1.807) is 0 Å². The zero-order valence-corrected chi connectivity index (χ0v) is 12.4. The third kappa shape index (κ3) is 2.81. The van der Waals surface area contributed by atoms with E-state index in [1.807, 2.05) is 6.07 Å². The van der Waals surface area contributed by atoms with Gasteiger partial charge in [-0.05, 0) is 62.4 Å². The van der Waals surface area contributed by atoms with Crippen LogP contribution in [0.4, 0.5) is 0 Å². The number of nitrogens with two attached hydrogens (primary N) is 1. The van der Waals surface area contributed by atoms with Crippen LogP contribution in [0.3, 0.4) is 0 Å². The third-order valence-electron chi connectivity index (χ3n) is 4.53. The summed E-state index contributed by atoms with van der Waals surface area (Å²) in [6.07, 6.45) is 6.36. The van der Waals surface area contributed by atoms with E-state index in [4.69, 9.17) is 17.3 Å². The molecule has 2 fully saturated rings. The second-order valence-corrected chi connectivity index (χ2v) is 6.51. The highest BCUT2D eigenvalue weighted by Crippen LogP contribution is 2.39. The van der Waals surface area contributed by atoms with Crippen LogP contribution in [-0.2, 0) is 0 Å². The van der Waals surface area contributed by atoms with E-state index in [-0.39, 0.29) is 6.04 Å². The van der Waals surface area contributed by atoms with Gasteiger partial charge in [-0.15, -0.1) is 0 Å². The van der Waals surface area contributed by atoms with Crippen LogP contribution in [0.25, 0.3) is 0 Å². The van der Waals surface area contributed by atoms with Gasteiger partial charge in [-0.1, -0.05) is 24.1 Å². The van der Waals surface area contributed by atoms with Gasteiger partial charge in [0.1, 0.15) is 0 Å². The Hall–Kier alpha value is -0.570. The molecule has 1 saturated heterocycles. The summed E-state index contributed by atoms with van der Waals surface area (Å²) in [4.78, 5) is 2.66. The zero-order valence-electron chi connectivity index (χ0n) is 11.6. The van der Waals surface area contributed by atoms with Crippen LogP contribution in [0.15, 0.2) is 18.2 Å². The van der Waals surface area contributed by atoms with Gasteiger partial charge in [-0.25, -0.2) is 0 Å².